The number of pyridine rings is 1. The molecular weight excluding hydrogens is 284 g/mol. The number of ether oxygens (including phenoxy) is 1. The van der Waals surface area contributed by atoms with Crippen molar-refractivity contribution in [2.75, 3.05) is 0 Å². The van der Waals surface area contributed by atoms with Gasteiger partial charge in [0.05, 0.1) is 5.56 Å². The van der Waals surface area contributed by atoms with Crippen molar-refractivity contribution < 1.29 is 19.1 Å². The fraction of sp³-hybridized carbons (Fsp3) is 0.562. The summed E-state index contributed by atoms with van der Waals surface area (Å²) in [4.78, 5) is 24.0. The molecule has 0 bridgehead atoms. The summed E-state index contributed by atoms with van der Waals surface area (Å²) in [6.07, 6.45) is 5.96. The first-order chi connectivity index (χ1) is 10.5. The molecule has 1 amide bonds. The minimum atomic E-state index is -0.860. The highest BCUT2D eigenvalue weighted by molar-refractivity contribution is 5.92. The molecule has 0 spiro atoms. The Morgan fingerprint density at radius 1 is 1.32 bits per heavy atom. The third-order valence-corrected chi connectivity index (χ3v) is 4.13. The Hall–Kier alpha value is -2.11. The molecule has 1 aromatic rings. The minimum absolute atomic E-state index is 0.151. The SMILES string of the molecule is C[C@@H](OC(=O)c1cc[n+]([O-])cc1)C(=O)N[C@@H]1CCCC[C@@H]1C. The van der Waals surface area contributed by atoms with Crippen molar-refractivity contribution in [1.29, 1.82) is 0 Å². The van der Waals surface area contributed by atoms with Crippen molar-refractivity contribution in [1.82, 2.24) is 5.32 Å². The molecule has 1 heterocycles. The molecule has 0 aromatic carbocycles. The molecule has 1 aliphatic rings. The van der Waals surface area contributed by atoms with Crippen LogP contribution in [0.15, 0.2) is 24.5 Å². The number of aromatic nitrogens is 1. The fourth-order valence-electron chi connectivity index (χ4n) is 2.66. The van der Waals surface area contributed by atoms with Crippen LogP contribution in [0, 0.1) is 11.1 Å². The van der Waals surface area contributed by atoms with Crippen molar-refractivity contribution in [3.05, 3.63) is 35.3 Å². The molecule has 3 atom stereocenters. The Morgan fingerprint density at radius 3 is 2.59 bits per heavy atom. The van der Waals surface area contributed by atoms with Gasteiger partial charge >= 0.3 is 5.97 Å². The second-order valence-corrected chi connectivity index (χ2v) is 5.87. The van der Waals surface area contributed by atoms with E-state index < -0.39 is 12.1 Å². The number of hydrogen-bond donors (Lipinski definition) is 1. The molecule has 1 N–H and O–H groups in total. The van der Waals surface area contributed by atoms with Crippen LogP contribution in [0.25, 0.3) is 0 Å². The number of esters is 1. The highest BCUT2D eigenvalue weighted by Crippen LogP contribution is 2.23. The molecule has 120 valence electrons. The first-order valence-electron chi connectivity index (χ1n) is 7.67. The minimum Gasteiger partial charge on any atom is -0.619 e. The number of nitrogens with zero attached hydrogens (tertiary/aromatic N) is 1. The van der Waals surface area contributed by atoms with Gasteiger partial charge in [0.25, 0.3) is 5.91 Å². The van der Waals surface area contributed by atoms with E-state index in [-0.39, 0.29) is 17.5 Å². The summed E-state index contributed by atoms with van der Waals surface area (Å²) in [5.41, 5.74) is 0.248. The van der Waals surface area contributed by atoms with Crippen LogP contribution >= 0.6 is 0 Å². The van der Waals surface area contributed by atoms with Crippen LogP contribution in [0.2, 0.25) is 0 Å². The zero-order valence-corrected chi connectivity index (χ0v) is 13.0. The molecule has 6 heteroatoms. The second-order valence-electron chi connectivity index (χ2n) is 5.87. The molecule has 2 rings (SSSR count). The van der Waals surface area contributed by atoms with E-state index in [1.54, 1.807) is 6.92 Å². The first kappa shape index (κ1) is 16.3. The average molecular weight is 306 g/mol. The Labute approximate surface area is 130 Å². The van der Waals surface area contributed by atoms with Crippen LogP contribution < -0.4 is 10.0 Å². The maximum absolute atomic E-state index is 12.1. The van der Waals surface area contributed by atoms with Gasteiger partial charge in [0.15, 0.2) is 18.5 Å². The lowest BCUT2D eigenvalue weighted by Crippen LogP contribution is -2.46. The van der Waals surface area contributed by atoms with Gasteiger partial charge in [-0.3, -0.25) is 4.79 Å². The number of rotatable bonds is 4. The standard InChI is InChI=1S/C16H22N2O4/c1-11-5-3-4-6-14(11)17-15(19)12(2)22-16(20)13-7-9-18(21)10-8-13/h7-12,14H,3-6H2,1-2H3,(H,17,19)/t11-,12+,14+/m0/s1. The predicted octanol–water partition coefficient (Wildman–Crippen LogP) is 1.56. The van der Waals surface area contributed by atoms with Crippen LogP contribution in [-0.2, 0) is 9.53 Å². The van der Waals surface area contributed by atoms with E-state index in [0.29, 0.717) is 10.6 Å². The van der Waals surface area contributed by atoms with Gasteiger partial charge in [-0.25, -0.2) is 4.79 Å². The fourth-order valence-corrected chi connectivity index (χ4v) is 2.66. The highest BCUT2D eigenvalue weighted by atomic mass is 16.5. The number of carbonyl (C=O) groups is 2. The molecule has 0 saturated heterocycles. The molecular formula is C16H22N2O4. The Bertz CT molecular complexity index is 529. The molecule has 22 heavy (non-hydrogen) atoms. The van der Waals surface area contributed by atoms with Crippen LogP contribution in [-0.4, -0.2) is 24.0 Å². The van der Waals surface area contributed by atoms with Crippen LogP contribution in [0.1, 0.15) is 49.9 Å². The Kier molecular flexibility index (Phi) is 5.35. The van der Waals surface area contributed by atoms with Crippen molar-refractivity contribution in [3.63, 3.8) is 0 Å². The third kappa shape index (κ3) is 4.19. The third-order valence-electron chi connectivity index (χ3n) is 4.13. The number of carbonyl (C=O) groups excluding carboxylic acids is 2. The monoisotopic (exact) mass is 306 g/mol. The van der Waals surface area contributed by atoms with Crippen molar-refractivity contribution in [2.24, 2.45) is 5.92 Å². The predicted molar refractivity (Wildman–Crippen MR) is 79.8 cm³/mol. The van der Waals surface area contributed by atoms with E-state index in [4.69, 9.17) is 4.74 Å². The van der Waals surface area contributed by atoms with Crippen LogP contribution in [0.3, 0.4) is 0 Å². The molecule has 0 unspecified atom stereocenters. The van der Waals surface area contributed by atoms with Crippen LogP contribution in [0.5, 0.6) is 0 Å². The Morgan fingerprint density at radius 2 is 1.95 bits per heavy atom. The van der Waals surface area contributed by atoms with E-state index >= 15 is 0 Å². The van der Waals surface area contributed by atoms with Gasteiger partial charge in [-0.2, -0.15) is 4.73 Å². The van der Waals surface area contributed by atoms with Gasteiger partial charge in [-0.15, -0.1) is 0 Å². The maximum Gasteiger partial charge on any atom is 0.339 e. The molecule has 0 aliphatic heterocycles. The lowest BCUT2D eigenvalue weighted by atomic mass is 9.86. The average Bonchev–Trinajstić information content (AvgIpc) is 2.50. The molecule has 1 fully saturated rings. The van der Waals surface area contributed by atoms with Crippen molar-refractivity contribution >= 4 is 11.9 Å². The summed E-state index contributed by atoms with van der Waals surface area (Å²) in [7, 11) is 0. The summed E-state index contributed by atoms with van der Waals surface area (Å²) in [5.74, 6) is -0.441. The largest absolute Gasteiger partial charge is 0.619 e. The number of hydrogen-bond acceptors (Lipinski definition) is 4. The van der Waals surface area contributed by atoms with E-state index in [2.05, 4.69) is 12.2 Å². The summed E-state index contributed by atoms with van der Waals surface area (Å²) >= 11 is 0. The lowest BCUT2D eigenvalue weighted by Gasteiger charge is -2.30. The van der Waals surface area contributed by atoms with Crippen molar-refractivity contribution in [2.45, 2.75) is 51.7 Å². The lowest BCUT2D eigenvalue weighted by molar-refractivity contribution is -0.605. The molecule has 1 saturated carbocycles. The van der Waals surface area contributed by atoms with E-state index in [1.807, 2.05) is 0 Å². The topological polar surface area (TPSA) is 82.3 Å². The van der Waals surface area contributed by atoms with Gasteiger partial charge in [0, 0.05) is 18.2 Å². The normalized spacial score (nSPS) is 22.6. The summed E-state index contributed by atoms with van der Waals surface area (Å²) < 4.78 is 5.73. The molecule has 6 nitrogen and oxygen atoms in total. The van der Waals surface area contributed by atoms with Crippen molar-refractivity contribution in [3.8, 4) is 0 Å². The van der Waals surface area contributed by atoms with Gasteiger partial charge in [0.1, 0.15) is 0 Å². The number of nitrogens with one attached hydrogen (secondary N) is 1. The first-order valence-corrected chi connectivity index (χ1v) is 7.67. The van der Waals surface area contributed by atoms with Gasteiger partial charge < -0.3 is 15.3 Å². The highest BCUT2D eigenvalue weighted by Gasteiger charge is 2.26. The smallest absolute Gasteiger partial charge is 0.339 e. The molecule has 1 aliphatic carbocycles. The van der Waals surface area contributed by atoms with E-state index in [1.165, 1.54) is 30.9 Å². The zero-order chi connectivity index (χ0) is 16.1. The molecule has 1 aromatic heterocycles. The van der Waals surface area contributed by atoms with E-state index in [0.717, 1.165) is 19.3 Å². The second kappa shape index (κ2) is 7.24. The summed E-state index contributed by atoms with van der Waals surface area (Å²) in [5, 5.41) is 13.9. The molecule has 0 radical (unpaired) electrons. The Balaban J connectivity index is 1.87. The number of amides is 1. The maximum atomic E-state index is 12.1. The van der Waals surface area contributed by atoms with Crippen LogP contribution in [0.4, 0.5) is 0 Å². The summed E-state index contributed by atoms with van der Waals surface area (Å²) in [6, 6.07) is 2.88. The quantitative estimate of drug-likeness (QED) is 0.520. The van der Waals surface area contributed by atoms with Gasteiger partial charge in [-0.05, 0) is 25.7 Å². The summed E-state index contributed by atoms with van der Waals surface area (Å²) in [6.45, 7) is 3.68. The van der Waals surface area contributed by atoms with Gasteiger partial charge in [0.2, 0.25) is 0 Å². The van der Waals surface area contributed by atoms with Gasteiger partial charge in [-0.1, -0.05) is 19.8 Å². The zero-order valence-electron chi connectivity index (χ0n) is 13.0. The van der Waals surface area contributed by atoms with E-state index in [9.17, 15) is 14.8 Å².